The lowest BCUT2D eigenvalue weighted by Gasteiger charge is -1.86. The molecule has 0 radical (unpaired) electrons. The first-order valence-corrected chi connectivity index (χ1v) is 5.91. The van der Waals surface area contributed by atoms with Crippen molar-refractivity contribution in [1.82, 2.24) is 0 Å². The van der Waals surface area contributed by atoms with Crippen LogP contribution >= 0.6 is 46.4 Å². The first-order chi connectivity index (χ1) is 7.58. The molecule has 0 unspecified atom stereocenters. The fourth-order valence-corrected chi connectivity index (χ4v) is 1.58. The van der Waals surface area contributed by atoms with Crippen LogP contribution in [0.4, 0.5) is 0 Å². The van der Waals surface area contributed by atoms with Crippen LogP contribution in [0.2, 0.25) is 20.1 Å². The highest BCUT2D eigenvalue weighted by atomic mass is 35.5. The summed E-state index contributed by atoms with van der Waals surface area (Å²) in [7, 11) is 0. The molecular weight excluding hydrogens is 286 g/mol. The fraction of sp³-hybridized carbons (Fsp3) is 0. The molecule has 16 heavy (non-hydrogen) atoms. The van der Waals surface area contributed by atoms with Crippen LogP contribution in [0.25, 0.3) is 0 Å². The molecule has 2 rings (SSSR count). The second-order valence-corrected chi connectivity index (χ2v) is 4.62. The molecule has 0 bridgehead atoms. The standard InChI is InChI=1S/2C6H4Cl2/c7-5-1-2-6(8)4-3-5;7-5-2-1-3-6(8)4-5/h2*1-4H. The van der Waals surface area contributed by atoms with Gasteiger partial charge in [-0.15, -0.1) is 0 Å². The highest BCUT2D eigenvalue weighted by molar-refractivity contribution is 6.34. The van der Waals surface area contributed by atoms with Gasteiger partial charge in [0.25, 0.3) is 0 Å². The van der Waals surface area contributed by atoms with E-state index in [4.69, 9.17) is 46.4 Å². The first kappa shape index (κ1) is 13.7. The van der Waals surface area contributed by atoms with Crippen molar-refractivity contribution in [1.29, 1.82) is 0 Å². The molecular formula is C12H8Cl4. The summed E-state index contributed by atoms with van der Waals surface area (Å²) in [6.07, 6.45) is 0. The molecule has 0 aliphatic carbocycles. The topological polar surface area (TPSA) is 0 Å². The zero-order valence-electron chi connectivity index (χ0n) is 8.13. The zero-order chi connectivity index (χ0) is 12.0. The molecule has 0 aliphatic heterocycles. The van der Waals surface area contributed by atoms with Crippen LogP contribution in [0.15, 0.2) is 48.5 Å². The predicted octanol–water partition coefficient (Wildman–Crippen LogP) is 5.99. The average molecular weight is 294 g/mol. The van der Waals surface area contributed by atoms with Crippen molar-refractivity contribution < 1.29 is 0 Å². The highest BCUT2D eigenvalue weighted by Gasteiger charge is 1.85. The van der Waals surface area contributed by atoms with Crippen LogP contribution in [0.3, 0.4) is 0 Å². The summed E-state index contributed by atoms with van der Waals surface area (Å²) >= 11 is 22.2. The van der Waals surface area contributed by atoms with Crippen molar-refractivity contribution in [2.75, 3.05) is 0 Å². The van der Waals surface area contributed by atoms with E-state index >= 15 is 0 Å². The average Bonchev–Trinajstić information content (AvgIpc) is 2.23. The normalized spacial score (nSPS) is 9.25. The molecule has 2 aromatic carbocycles. The van der Waals surface area contributed by atoms with E-state index in [9.17, 15) is 0 Å². The third-order valence-electron chi connectivity index (χ3n) is 1.59. The summed E-state index contributed by atoms with van der Waals surface area (Å²) in [5.74, 6) is 0. The lowest BCUT2D eigenvalue weighted by Crippen LogP contribution is -1.61. The van der Waals surface area contributed by atoms with Gasteiger partial charge in [-0.3, -0.25) is 0 Å². The van der Waals surface area contributed by atoms with Crippen LogP contribution in [0, 0.1) is 0 Å². The van der Waals surface area contributed by atoms with Crippen LogP contribution in [0.1, 0.15) is 0 Å². The Balaban J connectivity index is 0.000000160. The van der Waals surface area contributed by atoms with Gasteiger partial charge < -0.3 is 0 Å². The van der Waals surface area contributed by atoms with Gasteiger partial charge in [0, 0.05) is 20.1 Å². The lowest BCUT2D eigenvalue weighted by atomic mass is 10.4. The van der Waals surface area contributed by atoms with Crippen molar-refractivity contribution in [3.8, 4) is 0 Å². The van der Waals surface area contributed by atoms with E-state index in [0.717, 1.165) is 10.0 Å². The molecule has 0 aromatic heterocycles. The molecule has 0 heterocycles. The summed E-state index contributed by atoms with van der Waals surface area (Å²) in [5, 5.41) is 2.79. The van der Waals surface area contributed by atoms with Crippen LogP contribution < -0.4 is 0 Å². The van der Waals surface area contributed by atoms with Gasteiger partial charge in [-0.25, -0.2) is 0 Å². The van der Waals surface area contributed by atoms with E-state index in [2.05, 4.69) is 0 Å². The van der Waals surface area contributed by atoms with E-state index in [1.807, 2.05) is 6.07 Å². The third-order valence-corrected chi connectivity index (χ3v) is 2.56. The minimum Gasteiger partial charge on any atom is -0.0843 e. The van der Waals surface area contributed by atoms with Crippen molar-refractivity contribution in [3.63, 3.8) is 0 Å². The molecule has 2 aromatic rings. The molecule has 0 atom stereocenters. The molecule has 0 spiro atoms. The Hall–Kier alpha value is -0.400. The van der Waals surface area contributed by atoms with Crippen molar-refractivity contribution in [3.05, 3.63) is 68.6 Å². The summed E-state index contributed by atoms with van der Waals surface area (Å²) < 4.78 is 0. The number of benzene rings is 2. The van der Waals surface area contributed by atoms with Gasteiger partial charge in [0.15, 0.2) is 0 Å². The van der Waals surface area contributed by atoms with E-state index in [0.29, 0.717) is 10.0 Å². The maximum absolute atomic E-state index is 5.56. The number of rotatable bonds is 0. The Labute approximate surface area is 115 Å². The van der Waals surface area contributed by atoms with Gasteiger partial charge in [-0.1, -0.05) is 52.5 Å². The minimum atomic E-state index is 0.678. The predicted molar refractivity (Wildman–Crippen MR) is 72.9 cm³/mol. The smallest absolute Gasteiger partial charge is 0.0420 e. The first-order valence-electron chi connectivity index (χ1n) is 4.40. The molecule has 0 aliphatic rings. The monoisotopic (exact) mass is 292 g/mol. The zero-order valence-corrected chi connectivity index (χ0v) is 11.2. The second-order valence-electron chi connectivity index (χ2n) is 2.88. The largest absolute Gasteiger partial charge is 0.0843 e. The molecule has 84 valence electrons. The Morgan fingerprint density at radius 3 is 1.12 bits per heavy atom. The molecule has 0 saturated carbocycles. The maximum atomic E-state index is 5.56. The molecule has 4 heteroatoms. The number of hydrogen-bond donors (Lipinski definition) is 0. The van der Waals surface area contributed by atoms with Gasteiger partial charge in [-0.2, -0.15) is 0 Å². The summed E-state index contributed by atoms with van der Waals surface area (Å²) in [6.45, 7) is 0. The fourth-order valence-electron chi connectivity index (χ4n) is 0.889. The van der Waals surface area contributed by atoms with Crippen molar-refractivity contribution in [2.45, 2.75) is 0 Å². The van der Waals surface area contributed by atoms with Gasteiger partial charge in [-0.05, 0) is 42.5 Å². The van der Waals surface area contributed by atoms with Crippen LogP contribution in [0.5, 0.6) is 0 Å². The summed E-state index contributed by atoms with van der Waals surface area (Å²) in [6, 6.07) is 14.1. The van der Waals surface area contributed by atoms with E-state index in [1.54, 1.807) is 42.5 Å². The molecule has 0 N–H and O–H groups in total. The van der Waals surface area contributed by atoms with Crippen molar-refractivity contribution in [2.24, 2.45) is 0 Å². The quantitative estimate of drug-likeness (QED) is 0.560. The third kappa shape index (κ3) is 5.62. The molecule has 0 nitrogen and oxygen atoms in total. The van der Waals surface area contributed by atoms with Crippen molar-refractivity contribution >= 4 is 46.4 Å². The Kier molecular flexibility index (Phi) is 6.00. The maximum Gasteiger partial charge on any atom is 0.0420 e. The van der Waals surface area contributed by atoms with Gasteiger partial charge >= 0.3 is 0 Å². The molecule has 0 saturated heterocycles. The van der Waals surface area contributed by atoms with Gasteiger partial charge in [0.1, 0.15) is 0 Å². The molecule has 0 amide bonds. The summed E-state index contributed by atoms with van der Waals surface area (Å²) in [5.41, 5.74) is 0. The Morgan fingerprint density at radius 1 is 0.500 bits per heavy atom. The van der Waals surface area contributed by atoms with Crippen LogP contribution in [-0.4, -0.2) is 0 Å². The Bertz CT molecular complexity index is 399. The number of halogens is 4. The second kappa shape index (κ2) is 7.03. The van der Waals surface area contributed by atoms with Crippen LogP contribution in [-0.2, 0) is 0 Å². The Morgan fingerprint density at radius 2 is 0.875 bits per heavy atom. The lowest BCUT2D eigenvalue weighted by molar-refractivity contribution is 1.71. The SMILES string of the molecule is Clc1ccc(Cl)cc1.Clc1cccc(Cl)c1. The van der Waals surface area contributed by atoms with Gasteiger partial charge in [0.2, 0.25) is 0 Å². The molecule has 0 fully saturated rings. The van der Waals surface area contributed by atoms with Gasteiger partial charge in [0.05, 0.1) is 0 Å². The number of hydrogen-bond acceptors (Lipinski definition) is 0. The van der Waals surface area contributed by atoms with E-state index < -0.39 is 0 Å². The van der Waals surface area contributed by atoms with E-state index in [1.165, 1.54) is 0 Å². The highest BCUT2D eigenvalue weighted by Crippen LogP contribution is 2.14. The van der Waals surface area contributed by atoms with E-state index in [-0.39, 0.29) is 0 Å². The summed E-state index contributed by atoms with van der Waals surface area (Å²) in [4.78, 5) is 0. The minimum absolute atomic E-state index is 0.678.